The van der Waals surface area contributed by atoms with Crippen LogP contribution in [-0.2, 0) is 24.7 Å². The van der Waals surface area contributed by atoms with E-state index in [9.17, 15) is 10.2 Å². The Kier molecular flexibility index (Phi) is 10.8. The fourth-order valence-corrected chi connectivity index (χ4v) is 7.30. The van der Waals surface area contributed by atoms with E-state index < -0.39 is 0 Å². The normalized spacial score (nSPS) is 25.2. The Hall–Kier alpha value is -2.40. The predicted octanol–water partition coefficient (Wildman–Crippen LogP) is 5.05. The number of para-hydroxylation sites is 2. The average Bonchev–Trinajstić information content (AvgIpc) is 3.22. The zero-order valence-corrected chi connectivity index (χ0v) is 23.9. The minimum atomic E-state index is -0.211. The molecule has 0 N–H and O–H groups in total. The molecule has 3 aliphatic rings. The first-order chi connectivity index (χ1) is 17.5. The van der Waals surface area contributed by atoms with Gasteiger partial charge in [0.15, 0.2) is 0 Å². The van der Waals surface area contributed by atoms with Crippen molar-refractivity contribution in [1.29, 1.82) is 0 Å². The summed E-state index contributed by atoms with van der Waals surface area (Å²) in [6, 6.07) is 9.82. The molecule has 0 aromatic heterocycles. The van der Waals surface area contributed by atoms with E-state index in [-0.39, 0.29) is 11.5 Å². The van der Waals surface area contributed by atoms with Crippen LogP contribution in [0.4, 0.5) is 0 Å². The second-order valence-electron chi connectivity index (χ2n) is 9.05. The molecule has 0 saturated heterocycles. The molecule has 191 valence electrons. The van der Waals surface area contributed by atoms with Crippen molar-refractivity contribution in [2.75, 3.05) is 28.4 Å². The molecule has 5 rings (SSSR count). The second-order valence-corrected chi connectivity index (χ2v) is 10.7. The molecule has 2 fully saturated rings. The molecule has 6 nitrogen and oxygen atoms in total. The van der Waals surface area contributed by atoms with Gasteiger partial charge in [0.1, 0.15) is 23.0 Å². The summed E-state index contributed by atoms with van der Waals surface area (Å²) in [5.74, 6) is 4.75. The predicted molar refractivity (Wildman–Crippen MR) is 132 cm³/mol. The molecule has 7 heteroatoms. The summed E-state index contributed by atoms with van der Waals surface area (Å²) in [4.78, 5) is 0. The first-order valence-corrected chi connectivity index (χ1v) is 13.7. The van der Waals surface area contributed by atoms with Crippen LogP contribution in [0.3, 0.4) is 0 Å². The number of rotatable bonds is 4. The minimum absolute atomic E-state index is 0.211. The standard InChI is InChI=1S/C13H17.2C8H10O3.Zr/c1-3-7-12-10(5-1)9-11-6-2-4-8-13(11)12;2*1-10-6-4-3-5-7(11-2)8(6)9;/h1,3,5,7,9-13H,2,4,6,8H2;2*3-5,9H,1-2H3;/q;;;+2/p-2. The molecule has 5 unspecified atom stereocenters. The van der Waals surface area contributed by atoms with Crippen molar-refractivity contribution in [2.45, 2.75) is 29.3 Å². The number of benzene rings is 2. The number of allylic oxidation sites excluding steroid dienone is 4. The molecule has 5 atom stereocenters. The fourth-order valence-electron chi connectivity index (χ4n) is 5.46. The number of hydrogen-bond acceptors (Lipinski definition) is 6. The molecular formula is C29H35O6Zr. The third kappa shape index (κ3) is 6.48. The van der Waals surface area contributed by atoms with Crippen molar-refractivity contribution in [3.63, 3.8) is 0 Å². The molecule has 0 amide bonds. The van der Waals surface area contributed by atoms with Crippen molar-refractivity contribution in [3.8, 4) is 34.5 Å². The maximum atomic E-state index is 11.2. The van der Waals surface area contributed by atoms with Gasteiger partial charge in [-0.1, -0.05) is 12.1 Å². The van der Waals surface area contributed by atoms with Crippen LogP contribution < -0.4 is 29.2 Å². The molecule has 2 aromatic carbocycles. The Morgan fingerprint density at radius 2 is 1.03 bits per heavy atom. The molecular weight excluding hydrogens is 536 g/mol. The van der Waals surface area contributed by atoms with Gasteiger partial charge in [0, 0.05) is 0 Å². The van der Waals surface area contributed by atoms with Gasteiger partial charge in [0.2, 0.25) is 0 Å². The van der Waals surface area contributed by atoms with Crippen molar-refractivity contribution in [1.82, 2.24) is 0 Å². The molecule has 2 aromatic rings. The van der Waals surface area contributed by atoms with Gasteiger partial charge in [-0.2, -0.15) is 0 Å². The summed E-state index contributed by atoms with van der Waals surface area (Å²) < 4.78 is 20.2. The summed E-state index contributed by atoms with van der Waals surface area (Å²) in [6.45, 7) is 0. The van der Waals surface area contributed by atoms with Crippen LogP contribution in [0.5, 0.6) is 34.5 Å². The van der Waals surface area contributed by atoms with Gasteiger partial charge in [0.05, 0.1) is 28.4 Å². The number of fused-ring (bicyclic) bond motifs is 3. The zero-order chi connectivity index (χ0) is 26.1. The van der Waals surface area contributed by atoms with Crippen LogP contribution in [0, 0.1) is 23.7 Å². The van der Waals surface area contributed by atoms with Crippen LogP contribution in [-0.4, -0.2) is 28.4 Å². The third-order valence-electron chi connectivity index (χ3n) is 7.23. The Morgan fingerprint density at radius 3 is 1.44 bits per heavy atom. The summed E-state index contributed by atoms with van der Waals surface area (Å²) in [7, 11) is 5.82. The Morgan fingerprint density at radius 1 is 0.639 bits per heavy atom. The summed E-state index contributed by atoms with van der Waals surface area (Å²) >= 11 is 1.79. The fraction of sp³-hybridized carbons (Fsp3) is 0.448. The SMILES string of the molecule is COc1cccc(OC)c1[O-].COc1cccc(OC)c1[O-].[Zr+2][CH]1C2C=CC=CC2C2CCCCC12. The van der Waals surface area contributed by atoms with Gasteiger partial charge in [-0.25, -0.2) is 0 Å². The molecule has 0 aliphatic heterocycles. The Balaban J connectivity index is 0.000000153. The molecule has 36 heavy (non-hydrogen) atoms. The molecule has 0 radical (unpaired) electrons. The van der Waals surface area contributed by atoms with Crippen LogP contribution in [0.1, 0.15) is 25.7 Å². The van der Waals surface area contributed by atoms with Crippen LogP contribution in [0.15, 0.2) is 60.7 Å². The van der Waals surface area contributed by atoms with Crippen molar-refractivity contribution >= 4 is 0 Å². The second kappa shape index (κ2) is 13.8. The first-order valence-electron chi connectivity index (χ1n) is 12.3. The molecule has 0 bridgehead atoms. The van der Waals surface area contributed by atoms with Crippen molar-refractivity contribution in [3.05, 3.63) is 60.7 Å². The first kappa shape index (κ1) is 28.2. The van der Waals surface area contributed by atoms with E-state index in [0.29, 0.717) is 23.0 Å². The van der Waals surface area contributed by atoms with Gasteiger partial charge in [-0.05, 0) is 35.8 Å². The van der Waals surface area contributed by atoms with Crippen molar-refractivity contribution in [2.24, 2.45) is 23.7 Å². The van der Waals surface area contributed by atoms with Gasteiger partial charge < -0.3 is 29.2 Å². The zero-order valence-electron chi connectivity index (χ0n) is 21.4. The van der Waals surface area contributed by atoms with Gasteiger partial charge >= 0.3 is 102 Å². The van der Waals surface area contributed by atoms with E-state index in [4.69, 9.17) is 18.9 Å². The average molecular weight is 571 g/mol. The summed E-state index contributed by atoms with van der Waals surface area (Å²) in [6.07, 6.45) is 15.6. The molecule has 0 heterocycles. The topological polar surface area (TPSA) is 83.0 Å². The quantitative estimate of drug-likeness (QED) is 0.511. The van der Waals surface area contributed by atoms with E-state index >= 15 is 0 Å². The van der Waals surface area contributed by atoms with Crippen LogP contribution in [0.2, 0.25) is 3.63 Å². The van der Waals surface area contributed by atoms with Crippen molar-refractivity contribution < 1.29 is 53.9 Å². The Bertz CT molecular complexity index is 938. The number of ether oxygens (including phenoxy) is 4. The molecule has 0 spiro atoms. The van der Waals surface area contributed by atoms with E-state index in [1.807, 2.05) is 0 Å². The monoisotopic (exact) mass is 569 g/mol. The van der Waals surface area contributed by atoms with E-state index in [1.54, 1.807) is 61.1 Å². The van der Waals surface area contributed by atoms with Gasteiger partial charge in [-0.3, -0.25) is 0 Å². The van der Waals surface area contributed by atoms with Crippen LogP contribution >= 0.6 is 0 Å². The van der Waals surface area contributed by atoms with E-state index in [1.165, 1.54) is 54.1 Å². The number of hydrogen-bond donors (Lipinski definition) is 0. The summed E-state index contributed by atoms with van der Waals surface area (Å²) in [5.41, 5.74) is 0. The van der Waals surface area contributed by atoms with E-state index in [2.05, 4.69) is 24.3 Å². The number of methoxy groups -OCH3 is 4. The van der Waals surface area contributed by atoms with Crippen LogP contribution in [0.25, 0.3) is 0 Å². The Labute approximate surface area is 229 Å². The molecule has 3 aliphatic carbocycles. The van der Waals surface area contributed by atoms with Gasteiger partial charge in [0.25, 0.3) is 0 Å². The third-order valence-corrected chi connectivity index (χ3v) is 9.23. The summed E-state index contributed by atoms with van der Waals surface area (Å²) in [5, 5.41) is 22.4. The van der Waals surface area contributed by atoms with E-state index in [0.717, 1.165) is 27.3 Å². The van der Waals surface area contributed by atoms with Gasteiger partial charge in [-0.15, -0.1) is 0 Å². The maximum absolute atomic E-state index is 11.2. The molecule has 2 saturated carbocycles.